The summed E-state index contributed by atoms with van der Waals surface area (Å²) in [5.74, 6) is -0.367. The van der Waals surface area contributed by atoms with Crippen LogP contribution in [0, 0.1) is 0 Å². The molecule has 0 saturated carbocycles. The van der Waals surface area contributed by atoms with Crippen LogP contribution >= 0.6 is 0 Å². The minimum absolute atomic E-state index is 0.0477. The molecule has 0 aliphatic carbocycles. The van der Waals surface area contributed by atoms with Gasteiger partial charge in [-0.1, -0.05) is 24.3 Å². The number of esters is 1. The van der Waals surface area contributed by atoms with Crippen LogP contribution < -0.4 is 0 Å². The average Bonchev–Trinajstić information content (AvgIpc) is 2.54. The third-order valence-electron chi connectivity index (χ3n) is 4.45. The first-order valence-corrected chi connectivity index (χ1v) is 8.23. The summed E-state index contributed by atoms with van der Waals surface area (Å²) in [4.78, 5) is 28.9. The zero-order valence-corrected chi connectivity index (χ0v) is 14.4. The molecule has 0 aromatic heterocycles. The molecule has 5 nitrogen and oxygen atoms in total. The Kier molecular flexibility index (Phi) is 4.18. The highest BCUT2D eigenvalue weighted by molar-refractivity contribution is 5.96. The fourth-order valence-corrected chi connectivity index (χ4v) is 3.45. The van der Waals surface area contributed by atoms with Crippen molar-refractivity contribution in [2.24, 2.45) is 0 Å². The number of urea groups is 1. The molecule has 0 fully saturated rings. The van der Waals surface area contributed by atoms with E-state index in [-0.39, 0.29) is 18.0 Å². The third kappa shape index (κ3) is 2.40. The number of carbonyl (C=O) groups is 2. The maximum absolute atomic E-state index is 13.0. The van der Waals surface area contributed by atoms with Gasteiger partial charge in [0.25, 0.3) is 0 Å². The maximum atomic E-state index is 13.0. The fourth-order valence-electron chi connectivity index (χ4n) is 3.45. The van der Waals surface area contributed by atoms with Crippen LogP contribution in [0.4, 0.5) is 4.79 Å². The number of rotatable bonds is 3. The van der Waals surface area contributed by atoms with Crippen molar-refractivity contribution in [3.63, 3.8) is 0 Å². The van der Waals surface area contributed by atoms with Gasteiger partial charge >= 0.3 is 12.0 Å². The predicted octanol–water partition coefficient (Wildman–Crippen LogP) is 3.70. The van der Waals surface area contributed by atoms with Gasteiger partial charge in [-0.2, -0.15) is 0 Å². The summed E-state index contributed by atoms with van der Waals surface area (Å²) in [5.41, 5.74) is 3.15. The molecule has 0 spiro atoms. The molecule has 0 N–H and O–H groups in total. The highest BCUT2D eigenvalue weighted by Crippen LogP contribution is 2.42. The summed E-state index contributed by atoms with van der Waals surface area (Å²) in [6.45, 7) is 7.78. The SMILES string of the molecule is CCOC(=O)C1=C(C)N(C(C)C)C(=O)N2C=Cc3ccccc3C12. The molecule has 0 bridgehead atoms. The maximum Gasteiger partial charge on any atom is 0.338 e. The second kappa shape index (κ2) is 6.15. The summed E-state index contributed by atoms with van der Waals surface area (Å²) >= 11 is 0. The van der Waals surface area contributed by atoms with Gasteiger partial charge in [-0.15, -0.1) is 0 Å². The Balaban J connectivity index is 2.22. The zero-order valence-electron chi connectivity index (χ0n) is 14.4. The van der Waals surface area contributed by atoms with Crippen molar-refractivity contribution >= 4 is 18.1 Å². The summed E-state index contributed by atoms with van der Waals surface area (Å²) in [7, 11) is 0. The van der Waals surface area contributed by atoms with Crippen molar-refractivity contribution in [1.29, 1.82) is 0 Å². The van der Waals surface area contributed by atoms with E-state index in [9.17, 15) is 9.59 Å². The minimum Gasteiger partial charge on any atom is -0.463 e. The summed E-state index contributed by atoms with van der Waals surface area (Å²) in [5, 5.41) is 0. The lowest BCUT2D eigenvalue weighted by molar-refractivity contribution is -0.139. The van der Waals surface area contributed by atoms with Crippen LogP contribution in [-0.4, -0.2) is 34.4 Å². The van der Waals surface area contributed by atoms with Crippen molar-refractivity contribution in [2.75, 3.05) is 6.61 Å². The van der Waals surface area contributed by atoms with E-state index in [4.69, 9.17) is 4.74 Å². The summed E-state index contributed by atoms with van der Waals surface area (Å²) < 4.78 is 5.29. The Morgan fingerprint density at radius 1 is 1.29 bits per heavy atom. The molecular formula is C19H22N2O3. The molecule has 2 heterocycles. The van der Waals surface area contributed by atoms with E-state index >= 15 is 0 Å². The van der Waals surface area contributed by atoms with E-state index < -0.39 is 6.04 Å². The normalized spacial score (nSPS) is 19.5. The largest absolute Gasteiger partial charge is 0.463 e. The van der Waals surface area contributed by atoms with E-state index in [1.165, 1.54) is 0 Å². The highest BCUT2D eigenvalue weighted by atomic mass is 16.5. The van der Waals surface area contributed by atoms with E-state index in [0.717, 1.165) is 11.1 Å². The number of amides is 2. The average molecular weight is 326 g/mol. The van der Waals surface area contributed by atoms with Gasteiger partial charge in [-0.3, -0.25) is 9.80 Å². The lowest BCUT2D eigenvalue weighted by Crippen LogP contribution is -2.51. The van der Waals surface area contributed by atoms with Crippen LogP contribution in [0.15, 0.2) is 41.7 Å². The number of carbonyl (C=O) groups excluding carboxylic acids is 2. The fraction of sp³-hybridized carbons (Fsp3) is 0.368. The Morgan fingerprint density at radius 2 is 2.00 bits per heavy atom. The first kappa shape index (κ1) is 16.3. The van der Waals surface area contributed by atoms with Crippen LogP contribution in [0.3, 0.4) is 0 Å². The first-order chi connectivity index (χ1) is 11.5. The predicted molar refractivity (Wildman–Crippen MR) is 91.8 cm³/mol. The van der Waals surface area contributed by atoms with E-state index in [0.29, 0.717) is 17.9 Å². The number of hydrogen-bond acceptors (Lipinski definition) is 3. The topological polar surface area (TPSA) is 49.9 Å². The van der Waals surface area contributed by atoms with Gasteiger partial charge in [0.2, 0.25) is 0 Å². The number of fused-ring (bicyclic) bond motifs is 3. The Morgan fingerprint density at radius 3 is 2.67 bits per heavy atom. The first-order valence-electron chi connectivity index (χ1n) is 8.23. The van der Waals surface area contributed by atoms with Crippen LogP contribution in [0.5, 0.6) is 0 Å². The quantitative estimate of drug-likeness (QED) is 0.796. The van der Waals surface area contributed by atoms with Crippen molar-refractivity contribution in [3.05, 3.63) is 52.9 Å². The molecule has 1 atom stereocenters. The lowest BCUT2D eigenvalue weighted by atomic mass is 9.88. The van der Waals surface area contributed by atoms with Crippen molar-refractivity contribution in [2.45, 2.75) is 39.8 Å². The smallest absolute Gasteiger partial charge is 0.338 e. The number of nitrogens with zero attached hydrogens (tertiary/aromatic N) is 2. The van der Waals surface area contributed by atoms with Gasteiger partial charge in [0.15, 0.2) is 0 Å². The van der Waals surface area contributed by atoms with E-state index in [2.05, 4.69) is 0 Å². The second-order valence-electron chi connectivity index (χ2n) is 6.22. The molecule has 3 rings (SSSR count). The number of hydrogen-bond donors (Lipinski definition) is 0. The molecule has 0 saturated heterocycles. The van der Waals surface area contributed by atoms with Gasteiger partial charge in [0.05, 0.1) is 18.2 Å². The Labute approximate surface area is 142 Å². The van der Waals surface area contributed by atoms with Gasteiger partial charge < -0.3 is 4.74 Å². The number of ether oxygens (including phenoxy) is 1. The van der Waals surface area contributed by atoms with Crippen LogP contribution in [0.2, 0.25) is 0 Å². The molecule has 5 heteroatoms. The number of benzene rings is 1. The Hall–Kier alpha value is -2.56. The molecule has 24 heavy (non-hydrogen) atoms. The molecule has 126 valence electrons. The second-order valence-corrected chi connectivity index (χ2v) is 6.22. The highest BCUT2D eigenvalue weighted by Gasteiger charge is 2.43. The van der Waals surface area contributed by atoms with Crippen LogP contribution in [-0.2, 0) is 9.53 Å². The van der Waals surface area contributed by atoms with Crippen molar-refractivity contribution in [3.8, 4) is 0 Å². The van der Waals surface area contributed by atoms with Crippen molar-refractivity contribution < 1.29 is 14.3 Å². The molecule has 0 radical (unpaired) electrons. The third-order valence-corrected chi connectivity index (χ3v) is 4.45. The molecule has 1 aromatic carbocycles. The van der Waals surface area contributed by atoms with E-state index in [1.54, 1.807) is 22.9 Å². The van der Waals surface area contributed by atoms with Crippen molar-refractivity contribution in [1.82, 2.24) is 9.80 Å². The van der Waals surface area contributed by atoms with Gasteiger partial charge in [-0.05, 0) is 44.9 Å². The lowest BCUT2D eigenvalue weighted by Gasteiger charge is -2.44. The minimum atomic E-state index is -0.437. The van der Waals surface area contributed by atoms with Crippen LogP contribution in [0.1, 0.15) is 44.9 Å². The molecule has 2 amide bonds. The summed E-state index contributed by atoms with van der Waals surface area (Å²) in [6.07, 6.45) is 3.67. The molecule has 2 aliphatic rings. The molecular weight excluding hydrogens is 304 g/mol. The monoisotopic (exact) mass is 326 g/mol. The molecule has 2 aliphatic heterocycles. The van der Waals surface area contributed by atoms with Crippen LogP contribution in [0.25, 0.3) is 6.08 Å². The van der Waals surface area contributed by atoms with E-state index in [1.807, 2.05) is 51.1 Å². The zero-order chi connectivity index (χ0) is 17.4. The van der Waals surface area contributed by atoms with Gasteiger partial charge in [-0.25, -0.2) is 9.59 Å². The molecule has 1 aromatic rings. The standard InChI is InChI=1S/C19H22N2O3/c1-5-24-18(22)16-13(4)21(12(2)3)19(23)20-11-10-14-8-6-7-9-15(14)17(16)20/h6-12,17H,5H2,1-4H3. The molecule has 1 unspecified atom stereocenters. The number of allylic oxidation sites excluding steroid dienone is 1. The Bertz CT molecular complexity index is 749. The summed E-state index contributed by atoms with van der Waals surface area (Å²) in [6, 6.07) is 7.22. The van der Waals surface area contributed by atoms with Gasteiger partial charge in [0.1, 0.15) is 0 Å². The van der Waals surface area contributed by atoms with Gasteiger partial charge in [0, 0.05) is 17.9 Å².